The molecule has 10 nitrogen and oxygen atoms in total. The summed E-state index contributed by atoms with van der Waals surface area (Å²) in [6, 6.07) is 6.23. The first kappa shape index (κ1) is 24.5. The van der Waals surface area contributed by atoms with E-state index in [4.69, 9.17) is 14.7 Å². The molecule has 2 aliphatic heterocycles. The van der Waals surface area contributed by atoms with Crippen molar-refractivity contribution in [2.24, 2.45) is 0 Å². The van der Waals surface area contributed by atoms with Gasteiger partial charge >= 0.3 is 5.97 Å². The number of aryl methyl sites for hydroxylation is 1. The van der Waals surface area contributed by atoms with Gasteiger partial charge in [0.2, 0.25) is 5.95 Å². The lowest BCUT2D eigenvalue weighted by molar-refractivity contribution is 0.0531. The van der Waals surface area contributed by atoms with Crippen LogP contribution in [0.4, 0.5) is 16.9 Å². The molecule has 2 N–H and O–H groups in total. The molecule has 0 bridgehead atoms. The summed E-state index contributed by atoms with van der Waals surface area (Å²) in [4.78, 5) is 36.5. The predicted molar refractivity (Wildman–Crippen MR) is 140 cm³/mol. The number of thiazole rings is 1. The summed E-state index contributed by atoms with van der Waals surface area (Å²) in [5.74, 6) is 1.14. The minimum absolute atomic E-state index is 0.183. The van der Waals surface area contributed by atoms with Crippen LogP contribution in [0.2, 0.25) is 0 Å². The van der Waals surface area contributed by atoms with E-state index < -0.39 is 0 Å². The first-order valence-electron chi connectivity index (χ1n) is 12.5. The molecule has 0 amide bonds. The van der Waals surface area contributed by atoms with E-state index in [1.165, 1.54) is 16.9 Å². The van der Waals surface area contributed by atoms with Gasteiger partial charge in [0.25, 0.3) is 0 Å². The van der Waals surface area contributed by atoms with Gasteiger partial charge in [0, 0.05) is 57.1 Å². The van der Waals surface area contributed by atoms with E-state index in [1.807, 2.05) is 25.3 Å². The number of ether oxygens (including phenoxy) is 1. The Morgan fingerprint density at radius 2 is 2.06 bits per heavy atom. The number of esters is 1. The van der Waals surface area contributed by atoms with Crippen molar-refractivity contribution in [3.05, 3.63) is 51.9 Å². The highest BCUT2D eigenvalue weighted by molar-refractivity contribution is 7.17. The Morgan fingerprint density at radius 1 is 1.22 bits per heavy atom. The van der Waals surface area contributed by atoms with E-state index in [2.05, 4.69) is 43.4 Å². The second-order valence-corrected chi connectivity index (χ2v) is 9.96. The average molecular weight is 509 g/mol. The van der Waals surface area contributed by atoms with Crippen molar-refractivity contribution in [3.8, 4) is 0 Å². The third kappa shape index (κ3) is 5.18. The van der Waals surface area contributed by atoms with Gasteiger partial charge in [-0.2, -0.15) is 4.98 Å². The molecule has 3 aromatic heterocycles. The average Bonchev–Trinajstić information content (AvgIpc) is 3.28. The van der Waals surface area contributed by atoms with Crippen LogP contribution in [0.1, 0.15) is 52.2 Å². The number of nitrogens with zero attached hydrogens (tertiary/aromatic N) is 6. The minimum atomic E-state index is -0.354. The highest BCUT2D eigenvalue weighted by atomic mass is 32.1. The summed E-state index contributed by atoms with van der Waals surface area (Å²) in [5.41, 5.74) is 3.93. The van der Waals surface area contributed by atoms with Crippen LogP contribution in [0.3, 0.4) is 0 Å². The van der Waals surface area contributed by atoms with Gasteiger partial charge in [-0.05, 0) is 39.3 Å². The smallest absolute Gasteiger partial charge is 0.350 e. The third-order valence-electron chi connectivity index (χ3n) is 6.63. The van der Waals surface area contributed by atoms with Crippen LogP contribution in [0, 0.1) is 6.92 Å². The van der Waals surface area contributed by atoms with Gasteiger partial charge in [-0.15, -0.1) is 0 Å². The SMILES string of the molecule is CCOC(=O)c1sc(Nc2nc3c(c(N4CCNCC4)n2)CCN(C(C)c2ccccn2)C3)nc1C. The second kappa shape index (κ2) is 10.9. The van der Waals surface area contributed by atoms with E-state index in [1.54, 1.807) is 6.92 Å². The second-order valence-electron chi connectivity index (χ2n) is 8.96. The zero-order valence-electron chi connectivity index (χ0n) is 21.0. The van der Waals surface area contributed by atoms with Gasteiger partial charge in [0.05, 0.1) is 23.7 Å². The fourth-order valence-corrected chi connectivity index (χ4v) is 5.55. The first-order chi connectivity index (χ1) is 17.5. The van der Waals surface area contributed by atoms with Gasteiger partial charge < -0.3 is 15.0 Å². The monoisotopic (exact) mass is 508 g/mol. The van der Waals surface area contributed by atoms with Crippen molar-refractivity contribution in [1.82, 2.24) is 30.2 Å². The van der Waals surface area contributed by atoms with Gasteiger partial charge in [0.1, 0.15) is 10.7 Å². The summed E-state index contributed by atoms with van der Waals surface area (Å²) in [5, 5.41) is 7.27. The predicted octanol–water partition coefficient (Wildman–Crippen LogP) is 3.09. The van der Waals surface area contributed by atoms with Crippen molar-refractivity contribution >= 4 is 34.2 Å². The number of hydrogen-bond acceptors (Lipinski definition) is 11. The van der Waals surface area contributed by atoms with Gasteiger partial charge in [-0.25, -0.2) is 14.8 Å². The Morgan fingerprint density at radius 3 is 2.81 bits per heavy atom. The summed E-state index contributed by atoms with van der Waals surface area (Å²) >= 11 is 1.26. The normalized spacial score (nSPS) is 16.9. The molecule has 2 aliphatic rings. The molecule has 0 radical (unpaired) electrons. The topological polar surface area (TPSA) is 108 Å². The number of carbonyl (C=O) groups excluding carboxylic acids is 1. The van der Waals surface area contributed by atoms with Crippen LogP contribution in [-0.4, -0.2) is 70.1 Å². The number of fused-ring (bicyclic) bond motifs is 1. The number of carbonyl (C=O) groups is 1. The van der Waals surface area contributed by atoms with E-state index in [-0.39, 0.29) is 12.0 Å². The van der Waals surface area contributed by atoms with Crippen LogP contribution in [0.15, 0.2) is 24.4 Å². The zero-order valence-corrected chi connectivity index (χ0v) is 21.8. The Labute approximate surface area is 215 Å². The Bertz CT molecular complexity index is 1210. The van der Waals surface area contributed by atoms with Crippen LogP contribution in [0.25, 0.3) is 0 Å². The largest absolute Gasteiger partial charge is 0.462 e. The lowest BCUT2D eigenvalue weighted by atomic mass is 10.0. The molecule has 0 aromatic carbocycles. The van der Waals surface area contributed by atoms with E-state index in [9.17, 15) is 4.79 Å². The standard InChI is InChI=1S/C25H32N8O2S/c1-4-35-23(34)21-16(2)28-25(36-21)31-24-29-20-15-33(17(3)19-7-5-6-9-27-19)12-8-18(20)22(30-24)32-13-10-26-11-14-32/h5-7,9,17,26H,4,8,10-15H2,1-3H3,(H,28,29,30,31). The first-order valence-corrected chi connectivity index (χ1v) is 13.3. The Balaban J connectivity index is 1.45. The third-order valence-corrected chi connectivity index (χ3v) is 7.68. The van der Waals surface area contributed by atoms with Crippen molar-refractivity contribution < 1.29 is 9.53 Å². The molecule has 5 heterocycles. The number of anilines is 3. The number of aromatic nitrogens is 4. The summed E-state index contributed by atoms with van der Waals surface area (Å²) in [7, 11) is 0. The molecule has 5 rings (SSSR count). The van der Waals surface area contributed by atoms with E-state index >= 15 is 0 Å². The number of rotatable bonds is 7. The molecule has 0 saturated carbocycles. The minimum Gasteiger partial charge on any atom is -0.462 e. The number of nitrogens with one attached hydrogen (secondary N) is 2. The summed E-state index contributed by atoms with van der Waals surface area (Å²) in [6.07, 6.45) is 2.73. The van der Waals surface area contributed by atoms with Crippen LogP contribution >= 0.6 is 11.3 Å². The lowest BCUT2D eigenvalue weighted by Gasteiger charge is -2.36. The molecule has 1 atom stereocenters. The van der Waals surface area contributed by atoms with Crippen LogP contribution < -0.4 is 15.5 Å². The number of piperazine rings is 1. The maximum absolute atomic E-state index is 12.3. The summed E-state index contributed by atoms with van der Waals surface area (Å²) in [6.45, 7) is 11.4. The molecule has 1 saturated heterocycles. The summed E-state index contributed by atoms with van der Waals surface area (Å²) < 4.78 is 5.17. The fourth-order valence-electron chi connectivity index (χ4n) is 4.70. The van der Waals surface area contributed by atoms with Crippen molar-refractivity contribution in [3.63, 3.8) is 0 Å². The molecule has 0 spiro atoms. The van der Waals surface area contributed by atoms with Gasteiger partial charge in [-0.1, -0.05) is 17.4 Å². The number of hydrogen-bond donors (Lipinski definition) is 2. The molecule has 190 valence electrons. The molecule has 1 unspecified atom stereocenters. The molecule has 0 aliphatic carbocycles. The van der Waals surface area contributed by atoms with E-state index in [0.29, 0.717) is 34.8 Å². The Kier molecular flexibility index (Phi) is 7.40. The maximum atomic E-state index is 12.3. The lowest BCUT2D eigenvalue weighted by Crippen LogP contribution is -2.45. The highest BCUT2D eigenvalue weighted by Gasteiger charge is 2.29. The van der Waals surface area contributed by atoms with Crippen LogP contribution in [0.5, 0.6) is 0 Å². The molecular formula is C25H32N8O2S. The molecular weight excluding hydrogens is 476 g/mol. The zero-order chi connectivity index (χ0) is 25.1. The molecule has 1 fully saturated rings. The maximum Gasteiger partial charge on any atom is 0.350 e. The molecule has 3 aromatic rings. The van der Waals surface area contributed by atoms with Crippen LogP contribution in [-0.2, 0) is 17.7 Å². The van der Waals surface area contributed by atoms with Crippen molar-refractivity contribution in [2.75, 3.05) is 49.5 Å². The van der Waals surface area contributed by atoms with E-state index in [0.717, 1.165) is 56.4 Å². The highest BCUT2D eigenvalue weighted by Crippen LogP contribution is 2.33. The van der Waals surface area contributed by atoms with Crippen molar-refractivity contribution in [1.29, 1.82) is 0 Å². The van der Waals surface area contributed by atoms with Gasteiger partial charge in [0.15, 0.2) is 5.13 Å². The van der Waals surface area contributed by atoms with Gasteiger partial charge in [-0.3, -0.25) is 15.2 Å². The Hall–Kier alpha value is -3.15. The van der Waals surface area contributed by atoms with Crippen molar-refractivity contribution in [2.45, 2.75) is 39.8 Å². The quantitative estimate of drug-likeness (QED) is 0.462. The number of pyridine rings is 1. The molecule has 11 heteroatoms. The molecule has 36 heavy (non-hydrogen) atoms. The fraction of sp³-hybridized carbons (Fsp3) is 0.480.